The lowest BCUT2D eigenvalue weighted by Gasteiger charge is -2.50. The highest BCUT2D eigenvalue weighted by Crippen LogP contribution is 2.38. The summed E-state index contributed by atoms with van der Waals surface area (Å²) in [6, 6.07) is -2.61. The molecule has 14 unspecified atom stereocenters. The number of carbonyl (C=O) groups excluding carboxylic acids is 2. The average Bonchev–Trinajstić information content (AvgIpc) is 3.65. The third kappa shape index (κ3) is 25.4. The third-order valence-corrected chi connectivity index (χ3v) is 16.0. The lowest BCUT2D eigenvalue weighted by Crippen LogP contribution is -2.70. The number of unbranched alkanes of at least 4 members (excludes halogenated alkanes) is 25. The molecule has 0 aromatic heterocycles. The normalized spacial score (nSPS) is 30.2. The molecule has 0 radical (unpaired) electrons. The molecule has 3 aliphatic heterocycles. The van der Waals surface area contributed by atoms with Gasteiger partial charge in [-0.15, -0.1) is 0 Å². The Bertz CT molecular complexity index is 1740. The van der Waals surface area contributed by atoms with E-state index in [1.165, 1.54) is 116 Å². The van der Waals surface area contributed by atoms with Gasteiger partial charge in [-0.2, -0.15) is 0 Å². The smallest absolute Gasteiger partial charge is 0.364 e. The van der Waals surface area contributed by atoms with Crippen LogP contribution >= 0.6 is 0 Å². The van der Waals surface area contributed by atoms with Crippen LogP contribution < -0.4 is 10.6 Å². The number of carboxylic acid groups (broad SMARTS) is 1. The van der Waals surface area contributed by atoms with E-state index in [-0.39, 0.29) is 12.3 Å². The summed E-state index contributed by atoms with van der Waals surface area (Å²) in [5.41, 5.74) is 0. The Morgan fingerprint density at radius 2 is 1.13 bits per heavy atom. The van der Waals surface area contributed by atoms with Crippen molar-refractivity contribution >= 4 is 17.8 Å². The van der Waals surface area contributed by atoms with E-state index in [0.29, 0.717) is 12.8 Å². The first-order valence-corrected chi connectivity index (χ1v) is 31.1. The Morgan fingerprint density at radius 1 is 0.634 bits per heavy atom. The van der Waals surface area contributed by atoms with Crippen LogP contribution in [0.15, 0.2) is 12.2 Å². The SMILES string of the molecule is CCCCCCCCCCCCC/C=C/[C@@H](O)[C@H](COC1OC(CO)C(OC2OC(CO)C(O)C(OC3(C(=O)O)CC(O)C(NC(C)=O)C([C@H](O)[C@H](O)CO)O3)C2O)C(O)C1O)NC(=O)CCCCCCCCCCCCCCCCC. The van der Waals surface area contributed by atoms with Gasteiger partial charge in [-0.1, -0.05) is 180 Å². The van der Waals surface area contributed by atoms with Gasteiger partial charge in [0.25, 0.3) is 5.79 Å². The second kappa shape index (κ2) is 41.5. The second-order valence-electron chi connectivity index (χ2n) is 22.9. The van der Waals surface area contributed by atoms with Crippen LogP contribution in [0.25, 0.3) is 0 Å². The molecule has 3 fully saturated rings. The van der Waals surface area contributed by atoms with Gasteiger partial charge in [0.15, 0.2) is 12.6 Å². The molecule has 480 valence electrons. The first kappa shape index (κ1) is 73.7. The van der Waals surface area contributed by atoms with E-state index >= 15 is 0 Å². The molecule has 14 N–H and O–H groups in total. The molecule has 3 heterocycles. The van der Waals surface area contributed by atoms with Crippen LogP contribution in [0.1, 0.15) is 207 Å². The number of aliphatic hydroxyl groups is 11. The van der Waals surface area contributed by atoms with Crippen molar-refractivity contribution in [1.82, 2.24) is 10.6 Å². The maximum absolute atomic E-state index is 13.4. The van der Waals surface area contributed by atoms with Gasteiger partial charge in [0, 0.05) is 19.8 Å². The lowest BCUT2D eigenvalue weighted by atomic mass is 9.88. The first-order valence-electron chi connectivity index (χ1n) is 31.1. The molecule has 3 aliphatic rings. The fraction of sp³-hybridized carbons (Fsp3) is 0.915. The minimum absolute atomic E-state index is 0.204. The van der Waals surface area contributed by atoms with Gasteiger partial charge in [-0.3, -0.25) is 9.59 Å². The molecule has 0 aromatic carbocycles. The van der Waals surface area contributed by atoms with Crippen molar-refractivity contribution in [2.75, 3.05) is 26.4 Å². The van der Waals surface area contributed by atoms with Crippen molar-refractivity contribution in [3.8, 4) is 0 Å². The predicted molar refractivity (Wildman–Crippen MR) is 301 cm³/mol. The second-order valence-corrected chi connectivity index (χ2v) is 22.9. The van der Waals surface area contributed by atoms with Crippen LogP contribution in [0, 0.1) is 0 Å². The molecular formula is C59H108N2O21. The van der Waals surface area contributed by atoms with Gasteiger partial charge in [-0.25, -0.2) is 4.79 Å². The maximum atomic E-state index is 13.4. The molecule has 0 saturated carbocycles. The zero-order valence-electron chi connectivity index (χ0n) is 49.3. The largest absolute Gasteiger partial charge is 0.477 e. The Kier molecular flexibility index (Phi) is 37.4. The van der Waals surface area contributed by atoms with Gasteiger partial charge >= 0.3 is 5.97 Å². The molecule has 0 aliphatic carbocycles. The monoisotopic (exact) mass is 1180 g/mol. The lowest BCUT2D eigenvalue weighted by molar-refractivity contribution is -0.386. The van der Waals surface area contributed by atoms with Crippen molar-refractivity contribution < 1.29 is 104 Å². The van der Waals surface area contributed by atoms with Crippen molar-refractivity contribution in [3.63, 3.8) is 0 Å². The van der Waals surface area contributed by atoms with E-state index in [1.807, 2.05) is 6.08 Å². The molecule has 0 bridgehead atoms. The first-order chi connectivity index (χ1) is 39.4. The van der Waals surface area contributed by atoms with Crippen LogP contribution in [-0.4, -0.2) is 215 Å². The average molecular weight is 1180 g/mol. The number of ether oxygens (including phenoxy) is 6. The number of amides is 2. The van der Waals surface area contributed by atoms with Gasteiger partial charge in [0.1, 0.15) is 67.1 Å². The summed E-state index contributed by atoms with van der Waals surface area (Å²) in [5, 5.41) is 135. The number of rotatable bonds is 45. The molecule has 23 nitrogen and oxygen atoms in total. The van der Waals surface area contributed by atoms with E-state index in [0.717, 1.165) is 51.9 Å². The molecule has 0 spiro atoms. The Morgan fingerprint density at radius 3 is 1.62 bits per heavy atom. The number of carbonyl (C=O) groups is 3. The molecular weight excluding hydrogens is 1070 g/mol. The van der Waals surface area contributed by atoms with E-state index in [1.54, 1.807) is 6.08 Å². The number of hydrogen-bond acceptors (Lipinski definition) is 20. The molecule has 2 amide bonds. The Balaban J connectivity index is 1.67. The summed E-state index contributed by atoms with van der Waals surface area (Å²) >= 11 is 0. The summed E-state index contributed by atoms with van der Waals surface area (Å²) < 4.78 is 34.7. The van der Waals surface area contributed by atoms with Crippen LogP contribution in [0.4, 0.5) is 0 Å². The number of carboxylic acids is 1. The van der Waals surface area contributed by atoms with E-state index < -0.39 is 155 Å². The van der Waals surface area contributed by atoms with Crippen molar-refractivity contribution in [1.29, 1.82) is 0 Å². The summed E-state index contributed by atoms with van der Waals surface area (Å²) in [7, 11) is 0. The van der Waals surface area contributed by atoms with Crippen LogP contribution in [0.5, 0.6) is 0 Å². The van der Waals surface area contributed by atoms with Crippen LogP contribution in [0.3, 0.4) is 0 Å². The predicted octanol–water partition coefficient (Wildman–Crippen LogP) is 3.17. The molecule has 18 atom stereocenters. The van der Waals surface area contributed by atoms with E-state index in [9.17, 15) is 75.7 Å². The van der Waals surface area contributed by atoms with Gasteiger partial charge in [0.2, 0.25) is 11.8 Å². The standard InChI is InChI=1S/C59H108N2O21/c1-4-6-8-10-12-14-16-18-19-21-23-25-27-29-31-33-46(69)61-40(41(66)32-30-28-26-24-22-20-17-15-13-11-9-7-5-2)38-77-56-51(73)50(72)53(45(37-64)79-56)80-57-52(74)55(49(71)44(36-63)78-57)82-59(58(75)76)34-42(67)47(60-39(3)65)54(81-59)48(70)43(68)35-62/h30,32,40-45,47-57,62-64,66-68,70-74H,4-29,31,33-38H2,1-3H3,(H,60,65)(H,61,69)(H,75,76)/b32-30+/t40-,41+,42?,43+,44?,45?,47?,48+,49?,50?,51?,52?,53?,54?,55?,56?,57?,59?/m0/s1. The molecule has 82 heavy (non-hydrogen) atoms. The quantitative estimate of drug-likeness (QED) is 0.0307. The highest BCUT2D eigenvalue weighted by Gasteiger charge is 2.60. The third-order valence-electron chi connectivity index (χ3n) is 16.0. The molecule has 0 aromatic rings. The molecule has 23 heteroatoms. The number of nitrogens with one attached hydrogen (secondary N) is 2. The fourth-order valence-electron chi connectivity index (χ4n) is 10.9. The minimum atomic E-state index is -3.08. The van der Waals surface area contributed by atoms with Crippen molar-refractivity contribution in [2.24, 2.45) is 0 Å². The van der Waals surface area contributed by atoms with Crippen molar-refractivity contribution in [3.05, 3.63) is 12.2 Å². The topological polar surface area (TPSA) is 373 Å². The molecule has 3 rings (SSSR count). The highest BCUT2D eigenvalue weighted by atomic mass is 16.8. The minimum Gasteiger partial charge on any atom is -0.477 e. The zero-order chi connectivity index (χ0) is 60.5. The summed E-state index contributed by atoms with van der Waals surface area (Å²) in [5.74, 6) is -6.14. The summed E-state index contributed by atoms with van der Waals surface area (Å²) in [6.07, 6.45) is 5.61. The van der Waals surface area contributed by atoms with Gasteiger partial charge in [0.05, 0.1) is 50.7 Å². The highest BCUT2D eigenvalue weighted by molar-refractivity contribution is 5.77. The maximum Gasteiger partial charge on any atom is 0.364 e. The Labute approximate surface area is 486 Å². The van der Waals surface area contributed by atoms with Crippen LogP contribution in [0.2, 0.25) is 0 Å². The van der Waals surface area contributed by atoms with E-state index in [4.69, 9.17) is 28.4 Å². The van der Waals surface area contributed by atoms with Crippen LogP contribution in [-0.2, 0) is 42.8 Å². The van der Waals surface area contributed by atoms with Crippen molar-refractivity contribution in [2.45, 2.75) is 317 Å². The zero-order valence-corrected chi connectivity index (χ0v) is 49.3. The number of aliphatic hydroxyl groups excluding tert-OH is 11. The summed E-state index contributed by atoms with van der Waals surface area (Å²) in [6.45, 7) is 2.10. The Hall–Kier alpha value is -2.53. The number of hydrogen-bond donors (Lipinski definition) is 14. The molecule has 3 saturated heterocycles. The van der Waals surface area contributed by atoms with Gasteiger partial charge in [-0.05, 0) is 19.3 Å². The van der Waals surface area contributed by atoms with Gasteiger partial charge < -0.3 is 100 Å². The summed E-state index contributed by atoms with van der Waals surface area (Å²) in [4.78, 5) is 38.4. The number of allylic oxidation sites excluding steroid dienone is 1. The fourth-order valence-corrected chi connectivity index (χ4v) is 10.9. The number of aliphatic carboxylic acids is 1. The van der Waals surface area contributed by atoms with E-state index in [2.05, 4.69) is 24.5 Å².